The predicted molar refractivity (Wildman–Crippen MR) is 110 cm³/mol. The molecule has 1 atom stereocenters. The second-order valence-corrected chi connectivity index (χ2v) is 8.04. The molecule has 2 aromatic rings. The average molecular weight is 402 g/mol. The molecule has 0 aromatic carbocycles. The highest BCUT2D eigenvalue weighted by molar-refractivity contribution is 5.78. The molecule has 7 heteroatoms. The molecule has 1 aliphatic rings. The Morgan fingerprint density at radius 1 is 1.34 bits per heavy atom. The lowest BCUT2D eigenvalue weighted by atomic mass is 10.2. The van der Waals surface area contributed by atoms with Crippen LogP contribution in [0.25, 0.3) is 6.08 Å². The van der Waals surface area contributed by atoms with Crippen LogP contribution in [0.3, 0.4) is 0 Å². The van der Waals surface area contributed by atoms with Gasteiger partial charge in [-0.2, -0.15) is 0 Å². The number of hydrogen-bond donors (Lipinski definition) is 0. The minimum atomic E-state index is -0.0779. The van der Waals surface area contributed by atoms with Gasteiger partial charge in [-0.05, 0) is 38.0 Å². The number of carbonyl (C=O) groups excluding carboxylic acids is 1. The van der Waals surface area contributed by atoms with Crippen molar-refractivity contribution in [2.75, 3.05) is 32.7 Å². The summed E-state index contributed by atoms with van der Waals surface area (Å²) >= 11 is 0. The van der Waals surface area contributed by atoms with Crippen molar-refractivity contribution in [3.8, 4) is 0 Å². The van der Waals surface area contributed by atoms with Crippen LogP contribution in [0, 0.1) is 19.8 Å². The second-order valence-electron chi connectivity index (χ2n) is 8.04. The molecule has 0 bridgehead atoms. The van der Waals surface area contributed by atoms with E-state index in [-0.39, 0.29) is 12.0 Å². The lowest BCUT2D eigenvalue weighted by molar-refractivity contribution is -0.132. The first-order valence-corrected chi connectivity index (χ1v) is 10.2. The van der Waals surface area contributed by atoms with Crippen LogP contribution in [-0.4, -0.2) is 59.7 Å². The Kier molecular flexibility index (Phi) is 7.28. The third kappa shape index (κ3) is 6.05. The van der Waals surface area contributed by atoms with Gasteiger partial charge in [0.1, 0.15) is 11.5 Å². The van der Waals surface area contributed by atoms with E-state index in [9.17, 15) is 4.79 Å². The van der Waals surface area contributed by atoms with Gasteiger partial charge in [0.2, 0.25) is 5.91 Å². The van der Waals surface area contributed by atoms with Crippen LogP contribution in [0.1, 0.15) is 36.6 Å². The van der Waals surface area contributed by atoms with E-state index in [0.29, 0.717) is 38.7 Å². The van der Waals surface area contributed by atoms with Crippen molar-refractivity contribution in [2.24, 2.45) is 5.92 Å². The van der Waals surface area contributed by atoms with E-state index < -0.39 is 0 Å². The molecule has 7 nitrogen and oxygen atoms in total. The van der Waals surface area contributed by atoms with Crippen LogP contribution in [0.5, 0.6) is 0 Å². The van der Waals surface area contributed by atoms with Gasteiger partial charge in [-0.15, -0.1) is 0 Å². The summed E-state index contributed by atoms with van der Waals surface area (Å²) in [4.78, 5) is 16.9. The highest BCUT2D eigenvalue weighted by atomic mass is 16.5. The second kappa shape index (κ2) is 9.89. The molecule has 3 heterocycles. The predicted octanol–water partition coefficient (Wildman–Crippen LogP) is 3.28. The van der Waals surface area contributed by atoms with Gasteiger partial charge in [0.25, 0.3) is 0 Å². The summed E-state index contributed by atoms with van der Waals surface area (Å²) in [6.45, 7) is 11.6. The molecule has 1 unspecified atom stereocenters. The molecule has 1 saturated heterocycles. The number of aromatic nitrogens is 1. The van der Waals surface area contributed by atoms with E-state index in [1.54, 1.807) is 6.26 Å². The van der Waals surface area contributed by atoms with Gasteiger partial charge in [0.15, 0.2) is 0 Å². The standard InChI is InChI=1S/C22H31N3O4/c1-16(2)11-25-13-20(28-15-21-17(3)23-29-18(21)4)12-24(14-22(25)26)9-5-7-19-8-6-10-27-19/h5-8,10,16,20H,9,11-15H2,1-4H3/b7-5+. The third-order valence-electron chi connectivity index (χ3n) is 5.02. The number of ether oxygens (including phenoxy) is 1. The van der Waals surface area contributed by atoms with Crippen molar-refractivity contribution in [1.29, 1.82) is 0 Å². The van der Waals surface area contributed by atoms with Gasteiger partial charge >= 0.3 is 0 Å². The summed E-state index contributed by atoms with van der Waals surface area (Å²) < 4.78 is 16.8. The smallest absolute Gasteiger partial charge is 0.236 e. The van der Waals surface area contributed by atoms with Crippen molar-refractivity contribution in [3.05, 3.63) is 47.2 Å². The van der Waals surface area contributed by atoms with Gasteiger partial charge < -0.3 is 18.6 Å². The first-order valence-electron chi connectivity index (χ1n) is 10.2. The largest absolute Gasteiger partial charge is 0.465 e. The molecule has 0 aliphatic carbocycles. The highest BCUT2D eigenvalue weighted by Crippen LogP contribution is 2.17. The van der Waals surface area contributed by atoms with Gasteiger partial charge in [-0.25, -0.2) is 0 Å². The number of aryl methyl sites for hydroxylation is 2. The molecule has 3 rings (SSSR count). The zero-order valence-electron chi connectivity index (χ0n) is 17.8. The molecule has 1 fully saturated rings. The highest BCUT2D eigenvalue weighted by Gasteiger charge is 2.28. The SMILES string of the molecule is Cc1noc(C)c1COC1CN(C/C=C/c2ccco2)CC(=O)N(CC(C)C)C1. The zero-order valence-corrected chi connectivity index (χ0v) is 17.8. The van der Waals surface area contributed by atoms with E-state index in [1.165, 1.54) is 0 Å². The van der Waals surface area contributed by atoms with Crippen LogP contribution >= 0.6 is 0 Å². The molecular weight excluding hydrogens is 370 g/mol. The summed E-state index contributed by atoms with van der Waals surface area (Å²) in [6, 6.07) is 3.77. The zero-order chi connectivity index (χ0) is 20.8. The Morgan fingerprint density at radius 2 is 2.17 bits per heavy atom. The number of furan rings is 1. The minimum absolute atomic E-state index is 0.0779. The first kappa shape index (κ1) is 21.3. The van der Waals surface area contributed by atoms with Crippen LogP contribution in [-0.2, 0) is 16.1 Å². The molecule has 2 aromatic heterocycles. The molecule has 0 saturated carbocycles. The van der Waals surface area contributed by atoms with Gasteiger partial charge in [-0.3, -0.25) is 9.69 Å². The molecule has 0 spiro atoms. The van der Waals surface area contributed by atoms with Crippen LogP contribution in [0.15, 0.2) is 33.4 Å². The summed E-state index contributed by atoms with van der Waals surface area (Å²) in [5.74, 6) is 2.14. The van der Waals surface area contributed by atoms with Crippen molar-refractivity contribution >= 4 is 12.0 Å². The lowest BCUT2D eigenvalue weighted by Gasteiger charge is -2.26. The Balaban J connectivity index is 1.67. The topological polar surface area (TPSA) is 72.0 Å². The quantitative estimate of drug-likeness (QED) is 0.676. The monoisotopic (exact) mass is 401 g/mol. The fourth-order valence-corrected chi connectivity index (χ4v) is 3.52. The lowest BCUT2D eigenvalue weighted by Crippen LogP contribution is -2.40. The fraction of sp³-hybridized carbons (Fsp3) is 0.545. The molecule has 1 amide bonds. The average Bonchev–Trinajstić information content (AvgIpc) is 3.25. The number of nitrogens with zero attached hydrogens (tertiary/aromatic N) is 3. The van der Waals surface area contributed by atoms with E-state index in [0.717, 1.165) is 29.3 Å². The van der Waals surface area contributed by atoms with Crippen molar-refractivity contribution in [1.82, 2.24) is 15.0 Å². The maximum atomic E-state index is 12.8. The van der Waals surface area contributed by atoms with Crippen LogP contribution in [0.2, 0.25) is 0 Å². The summed E-state index contributed by atoms with van der Waals surface area (Å²) in [5.41, 5.74) is 1.84. The van der Waals surface area contributed by atoms with Crippen LogP contribution in [0.4, 0.5) is 0 Å². The number of carbonyl (C=O) groups is 1. The van der Waals surface area contributed by atoms with E-state index in [4.69, 9.17) is 13.7 Å². The van der Waals surface area contributed by atoms with Crippen molar-refractivity contribution < 1.29 is 18.5 Å². The minimum Gasteiger partial charge on any atom is -0.465 e. The Labute approximate surface area is 172 Å². The molecule has 0 radical (unpaired) electrons. The summed E-state index contributed by atoms with van der Waals surface area (Å²) in [5, 5.41) is 4.00. The van der Waals surface area contributed by atoms with Crippen LogP contribution < -0.4 is 0 Å². The Morgan fingerprint density at radius 3 is 2.83 bits per heavy atom. The Bertz CT molecular complexity index is 791. The van der Waals surface area contributed by atoms with Gasteiger partial charge in [0.05, 0.1) is 31.2 Å². The first-order chi connectivity index (χ1) is 13.9. The number of rotatable bonds is 8. The van der Waals surface area contributed by atoms with E-state index in [1.807, 2.05) is 43.0 Å². The summed E-state index contributed by atoms with van der Waals surface area (Å²) in [7, 11) is 0. The molecule has 29 heavy (non-hydrogen) atoms. The number of amides is 1. The normalized spacial score (nSPS) is 18.9. The van der Waals surface area contributed by atoms with Crippen molar-refractivity contribution in [2.45, 2.75) is 40.4 Å². The molecule has 1 aliphatic heterocycles. The maximum Gasteiger partial charge on any atom is 0.236 e. The van der Waals surface area contributed by atoms with E-state index >= 15 is 0 Å². The third-order valence-corrected chi connectivity index (χ3v) is 5.02. The van der Waals surface area contributed by atoms with E-state index in [2.05, 4.69) is 23.9 Å². The van der Waals surface area contributed by atoms with Gasteiger partial charge in [0, 0.05) is 31.7 Å². The number of hydrogen-bond acceptors (Lipinski definition) is 6. The molecular formula is C22H31N3O4. The van der Waals surface area contributed by atoms with Crippen molar-refractivity contribution in [3.63, 3.8) is 0 Å². The molecule has 158 valence electrons. The molecule has 0 N–H and O–H groups in total. The fourth-order valence-electron chi connectivity index (χ4n) is 3.52. The Hall–Kier alpha value is -2.38. The summed E-state index contributed by atoms with van der Waals surface area (Å²) in [6.07, 6.45) is 5.53. The maximum absolute atomic E-state index is 12.8. The van der Waals surface area contributed by atoms with Gasteiger partial charge in [-0.1, -0.05) is 25.1 Å².